The van der Waals surface area contributed by atoms with Gasteiger partial charge in [-0.3, -0.25) is 4.90 Å². The van der Waals surface area contributed by atoms with Crippen molar-refractivity contribution in [2.75, 3.05) is 26.2 Å². The minimum Gasteiger partial charge on any atom is -0.489 e. The van der Waals surface area contributed by atoms with Crippen molar-refractivity contribution in [1.82, 2.24) is 0 Å². The second kappa shape index (κ2) is 9.45. The van der Waals surface area contributed by atoms with Crippen LogP contribution in [0.3, 0.4) is 0 Å². The van der Waals surface area contributed by atoms with Crippen molar-refractivity contribution >= 4 is 11.7 Å². The number of anilines is 1. The molecule has 0 unspecified atom stereocenters. The van der Waals surface area contributed by atoms with Gasteiger partial charge in [0.05, 0.1) is 11.7 Å². The predicted molar refractivity (Wildman–Crippen MR) is 113 cm³/mol. The number of rotatable bonds is 7. The smallest absolute Gasteiger partial charge is 0.318 e. The Morgan fingerprint density at radius 2 is 1.83 bits per heavy atom. The third kappa shape index (κ3) is 4.91. The first kappa shape index (κ1) is 22.1. The van der Waals surface area contributed by atoms with E-state index in [0.29, 0.717) is 11.4 Å². The Morgan fingerprint density at radius 3 is 2.40 bits per heavy atom. The van der Waals surface area contributed by atoms with Gasteiger partial charge < -0.3 is 19.9 Å². The van der Waals surface area contributed by atoms with Crippen LogP contribution >= 0.6 is 0 Å². The van der Waals surface area contributed by atoms with E-state index in [0.717, 1.165) is 36.8 Å². The molecule has 1 aliphatic rings. The largest absolute Gasteiger partial charge is 0.489 e. The molecule has 0 aliphatic heterocycles. The van der Waals surface area contributed by atoms with E-state index in [9.17, 15) is 9.18 Å². The Bertz CT molecular complexity index is 864. The summed E-state index contributed by atoms with van der Waals surface area (Å²) >= 11 is 0. The molecule has 0 heterocycles. The van der Waals surface area contributed by atoms with Gasteiger partial charge in [-0.1, -0.05) is 12.1 Å². The quantitative estimate of drug-likeness (QED) is 0.728. The van der Waals surface area contributed by atoms with Gasteiger partial charge in [0.15, 0.2) is 0 Å². The highest BCUT2D eigenvalue weighted by Crippen LogP contribution is 2.42. The van der Waals surface area contributed by atoms with Crippen LogP contribution in [0.5, 0.6) is 5.75 Å². The first-order valence-corrected chi connectivity index (χ1v) is 10.0. The Hall–Kier alpha value is -2.64. The number of nitrogens with two attached hydrogens (primary N) is 1. The molecule has 6 nitrogen and oxygen atoms in total. The molecule has 0 spiro atoms. The van der Waals surface area contributed by atoms with Gasteiger partial charge in [0.1, 0.15) is 18.2 Å². The van der Waals surface area contributed by atoms with Crippen LogP contribution in [-0.2, 0) is 21.7 Å². The standard InChI is InChI=1S/C23H29FN2O4/c1-26(22(25)27)19-6-4-16(5-7-19)15-30-21-13-17(12-18(24)14-21)23(29-3)10-8-20(28-2)9-11-23/h4-7,12-14,20H,8-11,15H2,1-3H3,(H2,25,27). The maximum atomic E-state index is 14.4. The molecule has 1 aliphatic carbocycles. The van der Waals surface area contributed by atoms with E-state index in [-0.39, 0.29) is 18.5 Å². The molecule has 0 bridgehead atoms. The highest BCUT2D eigenvalue weighted by Gasteiger charge is 2.37. The molecule has 3 rings (SSSR count). The highest BCUT2D eigenvalue weighted by molar-refractivity contribution is 5.89. The van der Waals surface area contributed by atoms with E-state index in [4.69, 9.17) is 19.9 Å². The lowest BCUT2D eigenvalue weighted by molar-refractivity contribution is -0.0764. The summed E-state index contributed by atoms with van der Waals surface area (Å²) in [5.41, 5.74) is 7.11. The van der Waals surface area contributed by atoms with Crippen LogP contribution in [0.1, 0.15) is 36.8 Å². The van der Waals surface area contributed by atoms with Crippen molar-refractivity contribution in [2.45, 2.75) is 44.0 Å². The molecular formula is C23H29FN2O4. The van der Waals surface area contributed by atoms with Crippen LogP contribution in [0.25, 0.3) is 0 Å². The van der Waals surface area contributed by atoms with Gasteiger partial charge in [0.25, 0.3) is 0 Å². The van der Waals surface area contributed by atoms with Crippen molar-refractivity contribution in [3.63, 3.8) is 0 Å². The third-order valence-corrected chi connectivity index (χ3v) is 5.92. The number of hydrogen-bond donors (Lipinski definition) is 1. The van der Waals surface area contributed by atoms with Crippen molar-refractivity contribution in [3.05, 3.63) is 59.4 Å². The van der Waals surface area contributed by atoms with E-state index >= 15 is 0 Å². The van der Waals surface area contributed by atoms with Crippen molar-refractivity contribution in [2.24, 2.45) is 5.73 Å². The Kier molecular flexibility index (Phi) is 6.95. The molecular weight excluding hydrogens is 387 g/mol. The lowest BCUT2D eigenvalue weighted by atomic mass is 9.78. The summed E-state index contributed by atoms with van der Waals surface area (Å²) in [6.07, 6.45) is 3.47. The van der Waals surface area contributed by atoms with Crippen LogP contribution in [0.2, 0.25) is 0 Å². The van der Waals surface area contributed by atoms with E-state index < -0.39 is 11.6 Å². The zero-order valence-corrected chi connectivity index (χ0v) is 17.7. The fourth-order valence-electron chi connectivity index (χ4n) is 3.92. The monoisotopic (exact) mass is 416 g/mol. The molecule has 0 aromatic heterocycles. The number of urea groups is 1. The summed E-state index contributed by atoms with van der Waals surface area (Å²) < 4.78 is 31.5. The fraction of sp³-hybridized carbons (Fsp3) is 0.435. The van der Waals surface area contributed by atoms with Gasteiger partial charge in [-0.05, 0) is 61.1 Å². The maximum absolute atomic E-state index is 14.4. The molecule has 2 aromatic carbocycles. The summed E-state index contributed by atoms with van der Waals surface area (Å²) in [5, 5.41) is 0. The number of ether oxygens (including phenoxy) is 3. The van der Waals surface area contributed by atoms with Gasteiger partial charge in [0.2, 0.25) is 0 Å². The van der Waals surface area contributed by atoms with Gasteiger partial charge >= 0.3 is 6.03 Å². The molecule has 0 atom stereocenters. The average molecular weight is 416 g/mol. The number of halogens is 1. The molecule has 2 aromatic rings. The normalized spacial score (nSPS) is 21.3. The van der Waals surface area contributed by atoms with Crippen LogP contribution in [0.4, 0.5) is 14.9 Å². The van der Waals surface area contributed by atoms with Crippen LogP contribution in [0, 0.1) is 5.82 Å². The zero-order valence-electron chi connectivity index (χ0n) is 17.7. The first-order chi connectivity index (χ1) is 14.4. The topological polar surface area (TPSA) is 74.0 Å². The predicted octanol–water partition coefficient (Wildman–Crippen LogP) is 4.35. The van der Waals surface area contributed by atoms with Crippen molar-refractivity contribution in [1.29, 1.82) is 0 Å². The Balaban J connectivity index is 1.72. The molecule has 7 heteroatoms. The number of methoxy groups -OCH3 is 2. The number of carbonyl (C=O) groups excluding carboxylic acids is 1. The molecule has 1 fully saturated rings. The fourth-order valence-corrected chi connectivity index (χ4v) is 3.92. The number of primary amides is 1. The number of amides is 2. The second-order valence-corrected chi connectivity index (χ2v) is 7.66. The number of nitrogens with zero attached hydrogens (tertiary/aromatic N) is 1. The van der Waals surface area contributed by atoms with Gasteiger partial charge in [-0.2, -0.15) is 0 Å². The molecule has 0 saturated heterocycles. The number of hydrogen-bond acceptors (Lipinski definition) is 4. The minimum absolute atomic E-state index is 0.217. The SMILES string of the molecule is COC1CCC(OC)(c2cc(F)cc(OCc3ccc(N(C)C(N)=O)cc3)c2)CC1. The number of benzene rings is 2. The zero-order chi connectivity index (χ0) is 21.7. The Labute approximate surface area is 176 Å². The summed E-state index contributed by atoms with van der Waals surface area (Å²) in [5.74, 6) is 0.0971. The molecule has 0 radical (unpaired) electrons. The molecule has 30 heavy (non-hydrogen) atoms. The van der Waals surface area contributed by atoms with E-state index in [1.807, 2.05) is 18.2 Å². The molecule has 1 saturated carbocycles. The average Bonchev–Trinajstić information content (AvgIpc) is 2.77. The van der Waals surface area contributed by atoms with E-state index in [1.165, 1.54) is 17.0 Å². The second-order valence-electron chi connectivity index (χ2n) is 7.66. The number of carbonyl (C=O) groups is 1. The third-order valence-electron chi connectivity index (χ3n) is 5.92. The maximum Gasteiger partial charge on any atom is 0.318 e. The lowest BCUT2D eigenvalue weighted by Gasteiger charge is -2.39. The van der Waals surface area contributed by atoms with Gasteiger partial charge in [0, 0.05) is 33.0 Å². The first-order valence-electron chi connectivity index (χ1n) is 10.0. The van der Waals surface area contributed by atoms with Crippen LogP contribution < -0.4 is 15.4 Å². The lowest BCUT2D eigenvalue weighted by Crippen LogP contribution is -2.36. The molecule has 2 N–H and O–H groups in total. The van der Waals surface area contributed by atoms with Gasteiger partial charge in [-0.25, -0.2) is 9.18 Å². The van der Waals surface area contributed by atoms with E-state index in [1.54, 1.807) is 33.4 Å². The van der Waals surface area contributed by atoms with Crippen molar-refractivity contribution < 1.29 is 23.4 Å². The molecule has 162 valence electrons. The van der Waals surface area contributed by atoms with Crippen LogP contribution in [-0.4, -0.2) is 33.4 Å². The highest BCUT2D eigenvalue weighted by atomic mass is 19.1. The summed E-state index contributed by atoms with van der Waals surface area (Å²) in [6, 6.07) is 11.5. The summed E-state index contributed by atoms with van der Waals surface area (Å²) in [7, 11) is 4.99. The van der Waals surface area contributed by atoms with E-state index in [2.05, 4.69) is 0 Å². The summed E-state index contributed by atoms with van der Waals surface area (Å²) in [4.78, 5) is 12.6. The van der Waals surface area contributed by atoms with Crippen molar-refractivity contribution in [3.8, 4) is 5.75 Å². The van der Waals surface area contributed by atoms with Gasteiger partial charge in [-0.15, -0.1) is 0 Å². The summed E-state index contributed by atoms with van der Waals surface area (Å²) in [6.45, 7) is 0.273. The minimum atomic E-state index is -0.532. The van der Waals surface area contributed by atoms with Crippen LogP contribution in [0.15, 0.2) is 42.5 Å². The Morgan fingerprint density at radius 1 is 1.17 bits per heavy atom. The molecule has 2 amide bonds.